The second kappa shape index (κ2) is 9.74. The molecule has 1 unspecified atom stereocenters. The zero-order valence-corrected chi connectivity index (χ0v) is 20.9. The van der Waals surface area contributed by atoms with Gasteiger partial charge in [-0.05, 0) is 55.9 Å². The number of carboxylic acid groups (broad SMARTS) is 1. The maximum absolute atomic E-state index is 13.6. The monoisotopic (exact) mass is 478 g/mol. The van der Waals surface area contributed by atoms with Crippen LogP contribution in [0.2, 0.25) is 0 Å². The van der Waals surface area contributed by atoms with Gasteiger partial charge in [0.15, 0.2) is 5.43 Å². The normalized spacial score (nSPS) is 16.3. The first-order valence-electron chi connectivity index (χ1n) is 12.2. The van der Waals surface area contributed by atoms with Crippen LogP contribution in [-0.2, 0) is 6.42 Å². The van der Waals surface area contributed by atoms with Gasteiger partial charge in [-0.15, -0.1) is 0 Å². The predicted octanol–water partition coefficient (Wildman–Crippen LogP) is 5.13. The van der Waals surface area contributed by atoms with E-state index < -0.39 is 5.97 Å². The number of fused-ring (bicyclic) bond motifs is 1. The van der Waals surface area contributed by atoms with Crippen LogP contribution in [0, 0.1) is 12.3 Å². The molecule has 0 aliphatic carbocycles. The van der Waals surface area contributed by atoms with Gasteiger partial charge in [0.2, 0.25) is 5.88 Å². The molecule has 2 aromatic carbocycles. The lowest BCUT2D eigenvalue weighted by molar-refractivity contribution is 0.0698. The summed E-state index contributed by atoms with van der Waals surface area (Å²) in [4.78, 5) is 27.5. The van der Waals surface area contributed by atoms with Crippen LogP contribution in [0.4, 0.5) is 11.6 Å². The molecule has 1 atom stereocenters. The van der Waals surface area contributed by atoms with Gasteiger partial charge in [-0.25, -0.2) is 4.79 Å². The molecule has 2 heterocycles. The van der Waals surface area contributed by atoms with Gasteiger partial charge in [0.1, 0.15) is 5.58 Å². The molecule has 3 N–H and O–H groups in total. The van der Waals surface area contributed by atoms with Crippen molar-refractivity contribution >= 4 is 28.5 Å². The van der Waals surface area contributed by atoms with Gasteiger partial charge in [-0.3, -0.25) is 4.79 Å². The molecule has 7 heteroatoms. The number of rotatable bonds is 7. The minimum absolute atomic E-state index is 0.122. The van der Waals surface area contributed by atoms with Crippen LogP contribution in [-0.4, -0.2) is 35.9 Å². The number of hydrogen-bond donors (Lipinski definition) is 3. The molecule has 1 aromatic heterocycles. The molecule has 0 saturated carbocycles. The molecule has 4 rings (SSSR count). The Kier molecular flexibility index (Phi) is 6.90. The SMILES string of the molecule is Cc1cc(C(C)Nc2ccccc2C(=O)O)c2oc(N3CCC(C)(C)CC3)c(CCO)c(=O)c2c1. The molecule has 0 amide bonds. The van der Waals surface area contributed by atoms with Gasteiger partial charge < -0.3 is 24.8 Å². The lowest BCUT2D eigenvalue weighted by Gasteiger charge is -2.37. The fraction of sp³-hybridized carbons (Fsp3) is 0.429. The summed E-state index contributed by atoms with van der Waals surface area (Å²) >= 11 is 0. The molecule has 1 aliphatic heterocycles. The van der Waals surface area contributed by atoms with E-state index in [2.05, 4.69) is 24.1 Å². The number of piperidine rings is 1. The van der Waals surface area contributed by atoms with E-state index >= 15 is 0 Å². The van der Waals surface area contributed by atoms with E-state index in [4.69, 9.17) is 4.42 Å². The van der Waals surface area contributed by atoms with Gasteiger partial charge in [-0.2, -0.15) is 0 Å². The lowest BCUT2D eigenvalue weighted by atomic mass is 9.82. The van der Waals surface area contributed by atoms with Crippen LogP contribution in [0.3, 0.4) is 0 Å². The molecule has 1 saturated heterocycles. The van der Waals surface area contributed by atoms with E-state index in [1.54, 1.807) is 24.3 Å². The second-order valence-corrected chi connectivity index (χ2v) is 10.3. The molecule has 1 fully saturated rings. The first-order valence-corrected chi connectivity index (χ1v) is 12.2. The number of hydrogen-bond acceptors (Lipinski definition) is 6. The average molecular weight is 479 g/mol. The number of carboxylic acids is 1. The van der Waals surface area contributed by atoms with E-state index in [1.807, 2.05) is 26.0 Å². The van der Waals surface area contributed by atoms with Gasteiger partial charge in [0.05, 0.1) is 22.6 Å². The van der Waals surface area contributed by atoms with Crippen molar-refractivity contribution in [3.63, 3.8) is 0 Å². The average Bonchev–Trinajstić information content (AvgIpc) is 2.81. The highest BCUT2D eigenvalue weighted by Gasteiger charge is 2.29. The van der Waals surface area contributed by atoms with Crippen LogP contribution < -0.4 is 15.6 Å². The van der Waals surface area contributed by atoms with Crippen LogP contribution in [0.5, 0.6) is 0 Å². The van der Waals surface area contributed by atoms with Crippen molar-refractivity contribution in [1.82, 2.24) is 0 Å². The summed E-state index contributed by atoms with van der Waals surface area (Å²) in [5.74, 6) is -0.472. The Bertz CT molecular complexity index is 1300. The van der Waals surface area contributed by atoms with Gasteiger partial charge in [0, 0.05) is 37.4 Å². The van der Waals surface area contributed by atoms with E-state index in [0.29, 0.717) is 28.1 Å². The zero-order valence-electron chi connectivity index (χ0n) is 20.9. The number of nitrogens with zero attached hydrogens (tertiary/aromatic N) is 1. The van der Waals surface area contributed by atoms with Crippen molar-refractivity contribution < 1.29 is 19.4 Å². The van der Waals surface area contributed by atoms with Gasteiger partial charge in [-0.1, -0.05) is 32.0 Å². The quantitative estimate of drug-likeness (QED) is 0.432. The highest BCUT2D eigenvalue weighted by molar-refractivity contribution is 5.94. The lowest BCUT2D eigenvalue weighted by Crippen LogP contribution is -2.38. The zero-order chi connectivity index (χ0) is 25.3. The first-order chi connectivity index (χ1) is 16.6. The third kappa shape index (κ3) is 5.05. The van der Waals surface area contributed by atoms with Crippen LogP contribution in [0.15, 0.2) is 45.6 Å². The van der Waals surface area contributed by atoms with Crippen molar-refractivity contribution in [3.05, 3.63) is 68.9 Å². The molecule has 3 aromatic rings. The molecule has 186 valence electrons. The first kappa shape index (κ1) is 24.8. The number of anilines is 2. The number of aliphatic hydroxyl groups is 1. The Balaban J connectivity index is 1.83. The summed E-state index contributed by atoms with van der Waals surface area (Å²) in [6.07, 6.45) is 2.20. The van der Waals surface area contributed by atoms with Crippen LogP contribution >= 0.6 is 0 Å². The van der Waals surface area contributed by atoms with Crippen molar-refractivity contribution in [1.29, 1.82) is 0 Å². The van der Waals surface area contributed by atoms with Crippen LogP contribution in [0.1, 0.15) is 66.7 Å². The third-order valence-electron chi connectivity index (χ3n) is 7.00. The van der Waals surface area contributed by atoms with Gasteiger partial charge in [0.25, 0.3) is 0 Å². The number of nitrogens with one attached hydrogen (secondary N) is 1. The summed E-state index contributed by atoms with van der Waals surface area (Å²) in [5, 5.41) is 23.0. The van der Waals surface area contributed by atoms with Crippen molar-refractivity contribution in [2.75, 3.05) is 29.9 Å². The van der Waals surface area contributed by atoms with Crippen molar-refractivity contribution in [2.45, 2.75) is 53.0 Å². The molecule has 0 radical (unpaired) electrons. The minimum atomic E-state index is -1.01. The van der Waals surface area contributed by atoms with Gasteiger partial charge >= 0.3 is 5.97 Å². The molecule has 7 nitrogen and oxygen atoms in total. The topological polar surface area (TPSA) is 103 Å². The maximum Gasteiger partial charge on any atom is 0.337 e. The van der Waals surface area contributed by atoms with E-state index in [-0.39, 0.29) is 35.5 Å². The smallest absolute Gasteiger partial charge is 0.337 e. The van der Waals surface area contributed by atoms with Crippen molar-refractivity contribution in [2.24, 2.45) is 5.41 Å². The highest BCUT2D eigenvalue weighted by Crippen LogP contribution is 2.36. The molecule has 0 bridgehead atoms. The Morgan fingerprint density at radius 1 is 1.20 bits per heavy atom. The second-order valence-electron chi connectivity index (χ2n) is 10.3. The minimum Gasteiger partial charge on any atom is -0.478 e. The summed E-state index contributed by atoms with van der Waals surface area (Å²) in [5.41, 5.74) is 3.49. The fourth-order valence-corrected chi connectivity index (χ4v) is 4.83. The number of aromatic carboxylic acids is 1. The van der Waals surface area contributed by atoms with Crippen LogP contribution in [0.25, 0.3) is 11.0 Å². The molecule has 1 aliphatic rings. The standard InChI is InChI=1S/C28H34N2O5/c1-17-15-21(18(2)29-23-8-6-5-7-19(23)27(33)34)25-22(16-17)24(32)20(9-14-31)26(35-25)30-12-10-28(3,4)11-13-30/h5-8,15-16,18,29,31H,9-14H2,1-4H3,(H,33,34). The largest absolute Gasteiger partial charge is 0.478 e. The molecular weight excluding hydrogens is 444 g/mol. The van der Waals surface area contributed by atoms with E-state index in [0.717, 1.165) is 37.1 Å². The summed E-state index contributed by atoms with van der Waals surface area (Å²) in [6.45, 7) is 9.77. The van der Waals surface area contributed by atoms with E-state index in [1.165, 1.54) is 0 Å². The predicted molar refractivity (Wildman–Crippen MR) is 139 cm³/mol. The Morgan fingerprint density at radius 2 is 1.89 bits per heavy atom. The molecule has 35 heavy (non-hydrogen) atoms. The number of aryl methyl sites for hydroxylation is 1. The summed E-state index contributed by atoms with van der Waals surface area (Å²) < 4.78 is 6.52. The number of carbonyl (C=O) groups is 1. The summed E-state index contributed by atoms with van der Waals surface area (Å²) in [7, 11) is 0. The third-order valence-corrected chi connectivity index (χ3v) is 7.00. The van der Waals surface area contributed by atoms with E-state index in [9.17, 15) is 19.8 Å². The maximum atomic E-state index is 13.6. The fourth-order valence-electron chi connectivity index (χ4n) is 4.83. The molecular formula is C28H34N2O5. The molecule has 0 spiro atoms. The highest BCUT2D eigenvalue weighted by atomic mass is 16.4. The Hall–Kier alpha value is -3.32. The number of para-hydroxylation sites is 1. The summed E-state index contributed by atoms with van der Waals surface area (Å²) in [6, 6.07) is 10.2. The Morgan fingerprint density at radius 3 is 2.54 bits per heavy atom. The number of benzene rings is 2. The van der Waals surface area contributed by atoms with Crippen molar-refractivity contribution in [3.8, 4) is 0 Å². The number of aliphatic hydroxyl groups excluding tert-OH is 1. The Labute approximate surface area is 205 Å².